The van der Waals surface area contributed by atoms with Crippen LogP contribution in [0.3, 0.4) is 0 Å². The van der Waals surface area contributed by atoms with Gasteiger partial charge in [0.15, 0.2) is 0 Å². The Morgan fingerprint density at radius 3 is 3.00 bits per heavy atom. The van der Waals surface area contributed by atoms with E-state index in [1.54, 1.807) is 4.68 Å². The highest BCUT2D eigenvalue weighted by atomic mass is 35.5. The van der Waals surface area contributed by atoms with Crippen LogP contribution in [0, 0.1) is 0 Å². The molecule has 0 aromatic carbocycles. The predicted molar refractivity (Wildman–Crippen MR) is 56.1 cm³/mol. The third-order valence-corrected chi connectivity index (χ3v) is 2.88. The van der Waals surface area contributed by atoms with E-state index in [2.05, 4.69) is 27.3 Å². The van der Waals surface area contributed by atoms with Crippen molar-refractivity contribution in [1.82, 2.24) is 20.2 Å². The number of aryl methyl sites for hydroxylation is 1. The molecular weight excluding hydrogens is 218 g/mol. The lowest BCUT2D eigenvalue weighted by Gasteiger charge is -2.37. The number of hydrogen-bond donors (Lipinski definition) is 0. The van der Waals surface area contributed by atoms with Crippen LogP contribution in [-0.4, -0.2) is 51.4 Å². The van der Waals surface area contributed by atoms with Gasteiger partial charge in [-0.1, -0.05) is 5.10 Å². The Morgan fingerprint density at radius 1 is 1.60 bits per heavy atom. The van der Waals surface area contributed by atoms with E-state index < -0.39 is 0 Å². The summed E-state index contributed by atoms with van der Waals surface area (Å²) >= 11 is 5.78. The Kier molecular flexibility index (Phi) is 3.06. The van der Waals surface area contributed by atoms with E-state index in [-0.39, 0.29) is 12.1 Å². The first-order valence-electron chi connectivity index (χ1n) is 4.89. The summed E-state index contributed by atoms with van der Waals surface area (Å²) < 4.78 is 7.22. The SMILES string of the molecule is CC1COC(CCl)CN1c1nnnn1C. The number of aromatic nitrogens is 4. The first-order valence-corrected chi connectivity index (χ1v) is 5.42. The highest BCUT2D eigenvalue weighted by Crippen LogP contribution is 2.18. The second-order valence-corrected chi connectivity index (χ2v) is 4.02. The van der Waals surface area contributed by atoms with E-state index in [1.165, 1.54) is 0 Å². The van der Waals surface area contributed by atoms with E-state index in [0.29, 0.717) is 12.5 Å². The molecule has 1 saturated heterocycles. The zero-order valence-electron chi connectivity index (χ0n) is 8.80. The van der Waals surface area contributed by atoms with Crippen molar-refractivity contribution in [2.24, 2.45) is 7.05 Å². The van der Waals surface area contributed by atoms with Crippen molar-refractivity contribution in [1.29, 1.82) is 0 Å². The van der Waals surface area contributed by atoms with Crippen molar-refractivity contribution in [3.8, 4) is 0 Å². The van der Waals surface area contributed by atoms with Crippen LogP contribution in [0.25, 0.3) is 0 Å². The van der Waals surface area contributed by atoms with E-state index in [4.69, 9.17) is 16.3 Å². The molecule has 0 saturated carbocycles. The lowest BCUT2D eigenvalue weighted by Crippen LogP contribution is -2.50. The Bertz CT molecular complexity index is 331. The molecule has 1 aromatic rings. The molecule has 6 nitrogen and oxygen atoms in total. The predicted octanol–water partition coefficient (Wildman–Crippen LogP) is 0.0426. The maximum absolute atomic E-state index is 5.78. The number of rotatable bonds is 2. The third-order valence-electron chi connectivity index (χ3n) is 2.53. The first-order chi connectivity index (χ1) is 7.22. The average Bonchev–Trinajstić information content (AvgIpc) is 2.65. The van der Waals surface area contributed by atoms with Gasteiger partial charge < -0.3 is 9.64 Å². The highest BCUT2D eigenvalue weighted by molar-refractivity contribution is 6.18. The average molecular weight is 232 g/mol. The minimum Gasteiger partial charge on any atom is -0.373 e. The number of nitrogens with zero attached hydrogens (tertiary/aromatic N) is 5. The van der Waals surface area contributed by atoms with Crippen molar-refractivity contribution in [3.05, 3.63) is 0 Å². The molecule has 2 atom stereocenters. The smallest absolute Gasteiger partial charge is 0.245 e. The van der Waals surface area contributed by atoms with Crippen LogP contribution >= 0.6 is 11.6 Å². The first kappa shape index (κ1) is 10.6. The number of alkyl halides is 1. The minimum absolute atomic E-state index is 0.0552. The lowest BCUT2D eigenvalue weighted by atomic mass is 10.2. The number of anilines is 1. The Morgan fingerprint density at radius 2 is 2.40 bits per heavy atom. The normalized spacial score (nSPS) is 27.0. The summed E-state index contributed by atoms with van der Waals surface area (Å²) in [7, 11) is 1.83. The standard InChI is InChI=1S/C8H14ClN5O/c1-6-5-15-7(3-9)4-14(6)8-10-11-12-13(8)2/h6-7H,3-5H2,1-2H3. The molecule has 15 heavy (non-hydrogen) atoms. The number of ether oxygens (including phenoxy) is 1. The molecule has 84 valence electrons. The molecule has 7 heteroatoms. The summed E-state index contributed by atoms with van der Waals surface area (Å²) in [5, 5.41) is 11.4. The monoisotopic (exact) mass is 231 g/mol. The number of halogens is 1. The van der Waals surface area contributed by atoms with Gasteiger partial charge in [-0.15, -0.1) is 11.6 Å². The van der Waals surface area contributed by atoms with Crippen LogP contribution in [0.1, 0.15) is 6.92 Å². The molecule has 1 fully saturated rings. The van der Waals surface area contributed by atoms with Gasteiger partial charge in [-0.2, -0.15) is 0 Å². The minimum atomic E-state index is 0.0552. The molecule has 0 N–H and O–H groups in total. The Labute approximate surface area is 93.1 Å². The molecule has 2 heterocycles. The molecule has 1 aliphatic heterocycles. The molecular formula is C8H14ClN5O. The molecule has 0 spiro atoms. The van der Waals surface area contributed by atoms with E-state index in [1.807, 2.05) is 7.05 Å². The van der Waals surface area contributed by atoms with Crippen LogP contribution in [0.2, 0.25) is 0 Å². The molecule has 0 aliphatic carbocycles. The molecule has 2 rings (SSSR count). The van der Waals surface area contributed by atoms with Crippen LogP contribution in [0.5, 0.6) is 0 Å². The quantitative estimate of drug-likeness (QED) is 0.673. The largest absolute Gasteiger partial charge is 0.373 e. The number of tetrazole rings is 1. The van der Waals surface area contributed by atoms with Crippen molar-refractivity contribution in [2.75, 3.05) is 23.9 Å². The fourth-order valence-electron chi connectivity index (χ4n) is 1.66. The molecule has 2 unspecified atom stereocenters. The number of morpholine rings is 1. The molecule has 1 aromatic heterocycles. The summed E-state index contributed by atoms with van der Waals surface area (Å²) in [5.74, 6) is 1.26. The summed E-state index contributed by atoms with van der Waals surface area (Å²) in [4.78, 5) is 2.12. The van der Waals surface area contributed by atoms with Crippen molar-refractivity contribution < 1.29 is 4.74 Å². The fourth-order valence-corrected chi connectivity index (χ4v) is 1.84. The van der Waals surface area contributed by atoms with Gasteiger partial charge in [-0.3, -0.25) is 0 Å². The van der Waals surface area contributed by atoms with Gasteiger partial charge >= 0.3 is 0 Å². The van der Waals surface area contributed by atoms with Crippen molar-refractivity contribution >= 4 is 17.5 Å². The second kappa shape index (κ2) is 4.32. The Balaban J connectivity index is 2.16. The summed E-state index contributed by atoms with van der Waals surface area (Å²) in [5.41, 5.74) is 0. The van der Waals surface area contributed by atoms with Gasteiger partial charge in [0.25, 0.3) is 0 Å². The van der Waals surface area contributed by atoms with E-state index >= 15 is 0 Å². The van der Waals surface area contributed by atoms with Gasteiger partial charge in [0.2, 0.25) is 5.95 Å². The van der Waals surface area contributed by atoms with Crippen LogP contribution in [0.4, 0.5) is 5.95 Å². The summed E-state index contributed by atoms with van der Waals surface area (Å²) in [6.45, 7) is 3.47. The zero-order valence-corrected chi connectivity index (χ0v) is 9.55. The Hall–Kier alpha value is -0.880. The van der Waals surface area contributed by atoms with Crippen molar-refractivity contribution in [2.45, 2.75) is 19.1 Å². The fraction of sp³-hybridized carbons (Fsp3) is 0.875. The molecule has 0 bridgehead atoms. The van der Waals surface area contributed by atoms with Crippen molar-refractivity contribution in [3.63, 3.8) is 0 Å². The van der Waals surface area contributed by atoms with E-state index in [9.17, 15) is 0 Å². The molecule has 0 radical (unpaired) electrons. The maximum Gasteiger partial charge on any atom is 0.245 e. The van der Waals surface area contributed by atoms with Gasteiger partial charge in [0.1, 0.15) is 0 Å². The molecule has 1 aliphatic rings. The van der Waals surface area contributed by atoms with Crippen LogP contribution in [0.15, 0.2) is 0 Å². The van der Waals surface area contributed by atoms with Gasteiger partial charge in [0.05, 0.1) is 24.6 Å². The van der Waals surface area contributed by atoms with Crippen LogP contribution in [-0.2, 0) is 11.8 Å². The van der Waals surface area contributed by atoms with Gasteiger partial charge in [-0.05, 0) is 17.4 Å². The second-order valence-electron chi connectivity index (χ2n) is 3.71. The lowest BCUT2D eigenvalue weighted by molar-refractivity contribution is 0.0355. The zero-order chi connectivity index (χ0) is 10.8. The number of hydrogen-bond acceptors (Lipinski definition) is 5. The van der Waals surface area contributed by atoms with E-state index in [0.717, 1.165) is 12.5 Å². The van der Waals surface area contributed by atoms with Crippen LogP contribution < -0.4 is 4.90 Å². The topological polar surface area (TPSA) is 56.1 Å². The van der Waals surface area contributed by atoms with Gasteiger partial charge in [-0.25, -0.2) is 4.68 Å². The highest BCUT2D eigenvalue weighted by Gasteiger charge is 2.28. The maximum atomic E-state index is 5.78. The van der Waals surface area contributed by atoms with Gasteiger partial charge in [0, 0.05) is 13.6 Å². The summed E-state index contributed by atoms with van der Waals surface area (Å²) in [6, 6.07) is 0.272. The third kappa shape index (κ3) is 2.05. The molecule has 0 amide bonds. The summed E-state index contributed by atoms with van der Waals surface area (Å²) in [6.07, 6.45) is 0.0552.